The Morgan fingerprint density at radius 1 is 0.769 bits per heavy atom. The van der Waals surface area contributed by atoms with Gasteiger partial charge in [0.2, 0.25) is 17.7 Å². The number of likely N-dealkylation sites (N-methyl/N-ethyl adjacent to an activating group) is 1. The maximum absolute atomic E-state index is 14.4. The molecule has 0 bridgehead atoms. The summed E-state index contributed by atoms with van der Waals surface area (Å²) in [5, 5.41) is 19.8. The molecular weight excluding hydrogens is 1240 g/mol. The van der Waals surface area contributed by atoms with Gasteiger partial charge in [0.15, 0.2) is 5.78 Å². The number of nitrogens with two attached hydrogens (primary N) is 1. The number of Topliss-reactive ketones (excluding diaryl/α,β-unsaturated/α-hetero) is 1. The number of anilines is 2. The monoisotopic (exact) mass is 1320 g/mol. The number of aromatic amines is 1. The number of nitrogens with zero attached hydrogens (tertiary/aromatic N) is 4. The molecule has 5 aromatic rings. The molecule has 486 valence electrons. The predicted octanol–water partition coefficient (Wildman–Crippen LogP) is 5.04. The summed E-state index contributed by atoms with van der Waals surface area (Å²) in [5.41, 5.74) is 9.12. The minimum Gasteiger partial charge on any atom is -0.492 e. The van der Waals surface area contributed by atoms with Crippen LogP contribution in [0.3, 0.4) is 0 Å². The third-order valence-electron chi connectivity index (χ3n) is 15.7. The van der Waals surface area contributed by atoms with Crippen LogP contribution in [0.1, 0.15) is 73.5 Å². The molecule has 1 fully saturated rings. The first-order valence-corrected chi connectivity index (χ1v) is 31.6. The summed E-state index contributed by atoms with van der Waals surface area (Å²) < 4.78 is 22.9. The average Bonchev–Trinajstić information content (AvgIpc) is 1.63. The normalized spacial score (nSPS) is 15.4. The highest BCUT2D eigenvalue weighted by Crippen LogP contribution is 2.46. The highest BCUT2D eigenvalue weighted by Gasteiger charge is 2.37. The van der Waals surface area contributed by atoms with E-state index in [0.29, 0.717) is 65.5 Å². The van der Waals surface area contributed by atoms with E-state index in [1.807, 2.05) is 63.4 Å². The number of nitrogens with one attached hydrogen (secondary N) is 7. The smallest absolute Gasteiger partial charge is 0.415 e. The number of alkyl carbamates (subject to hydrolysis) is 1. The van der Waals surface area contributed by atoms with Crippen molar-refractivity contribution in [2.75, 3.05) is 114 Å². The molecule has 26 nitrogen and oxygen atoms in total. The number of ether oxygens (including phenoxy) is 4. The molecule has 0 spiro atoms. The van der Waals surface area contributed by atoms with Crippen molar-refractivity contribution < 1.29 is 66.9 Å². The van der Waals surface area contributed by atoms with E-state index in [0.717, 1.165) is 57.4 Å². The van der Waals surface area contributed by atoms with Gasteiger partial charge in [0.25, 0.3) is 17.7 Å². The van der Waals surface area contributed by atoms with Crippen LogP contribution in [0.25, 0.3) is 21.7 Å². The first kappa shape index (κ1) is 68.0. The Morgan fingerprint density at radius 2 is 1.48 bits per heavy atom. The van der Waals surface area contributed by atoms with Gasteiger partial charge in [0, 0.05) is 142 Å². The number of amides is 10. The number of aromatic nitrogens is 1. The highest BCUT2D eigenvalue weighted by atomic mass is 79.9. The highest BCUT2D eigenvalue weighted by molar-refractivity contribution is 9.09. The molecule has 0 saturated carbocycles. The minimum absolute atomic E-state index is 0.0104. The Labute approximate surface area is 535 Å². The van der Waals surface area contributed by atoms with Gasteiger partial charge in [-0.1, -0.05) is 66.2 Å². The molecule has 1 saturated heterocycles. The van der Waals surface area contributed by atoms with E-state index in [2.05, 4.69) is 57.7 Å². The number of H-pyrrole nitrogens is 1. The van der Waals surface area contributed by atoms with Crippen LogP contribution in [-0.4, -0.2) is 189 Å². The summed E-state index contributed by atoms with van der Waals surface area (Å²) >= 11 is 3.69. The molecule has 4 heterocycles. The lowest BCUT2D eigenvalue weighted by Crippen LogP contribution is -2.48. The van der Waals surface area contributed by atoms with Crippen molar-refractivity contribution in [1.82, 2.24) is 46.3 Å². The second kappa shape index (κ2) is 33.2. The van der Waals surface area contributed by atoms with Crippen molar-refractivity contribution >= 4 is 108 Å². The molecule has 0 radical (unpaired) electrons. The van der Waals surface area contributed by atoms with E-state index >= 15 is 0 Å². The van der Waals surface area contributed by atoms with Crippen LogP contribution < -0.4 is 52.0 Å². The lowest BCUT2D eigenvalue weighted by atomic mass is 9.89. The molecule has 9 N–H and O–H groups in total. The molecule has 91 heavy (non-hydrogen) atoms. The first-order chi connectivity index (χ1) is 43.8. The van der Waals surface area contributed by atoms with Gasteiger partial charge >= 0.3 is 18.2 Å². The van der Waals surface area contributed by atoms with Crippen molar-refractivity contribution in [3.63, 3.8) is 0 Å². The number of alkyl halides is 1. The minimum atomic E-state index is -0.768. The summed E-state index contributed by atoms with van der Waals surface area (Å²) in [6.45, 7) is 8.04. The number of hydrogen-bond donors (Lipinski definition) is 8. The number of fused-ring (bicyclic) bond motifs is 4. The molecule has 27 heteroatoms. The number of ketones is 1. The van der Waals surface area contributed by atoms with Crippen molar-refractivity contribution in [2.45, 2.75) is 64.5 Å². The number of piperazine rings is 1. The number of imide groups is 1. The molecule has 3 aliphatic rings. The SMILES string of the molecule is CC(C)[C@H](NCCNC(=O)CCOCCNC(=O)CCN1C(=O)C=CC1=O)C(=O)C[C@@H](CCCNC(N)=O)C(=O)Nc1ccc(COC(=O)NCCOc2ccc3[nH]c(C(=O)N4C[C@@H](CBr)c5c4cc(OC(=O)N4CCN(C)CC4)c4ccccc54)cc3c2)cc1. The lowest BCUT2D eigenvalue weighted by molar-refractivity contribution is -0.137. The summed E-state index contributed by atoms with van der Waals surface area (Å²) in [5.74, 6) is -2.42. The number of urea groups is 1. The van der Waals surface area contributed by atoms with Crippen LogP contribution in [0.2, 0.25) is 0 Å². The van der Waals surface area contributed by atoms with E-state index in [1.54, 1.807) is 46.2 Å². The maximum Gasteiger partial charge on any atom is 0.415 e. The maximum atomic E-state index is 14.4. The third kappa shape index (κ3) is 19.3. The molecule has 0 aliphatic carbocycles. The topological polar surface area (TPSA) is 335 Å². The van der Waals surface area contributed by atoms with Crippen LogP contribution in [-0.2, 0) is 44.8 Å². The number of hydrogen-bond acceptors (Lipinski definition) is 16. The van der Waals surface area contributed by atoms with Gasteiger partial charge < -0.3 is 76.3 Å². The number of halogens is 1. The zero-order chi connectivity index (χ0) is 65.0. The second-order valence-electron chi connectivity index (χ2n) is 22.7. The van der Waals surface area contributed by atoms with Crippen LogP contribution in [0.5, 0.6) is 11.5 Å². The van der Waals surface area contributed by atoms with Gasteiger partial charge in [-0.15, -0.1) is 0 Å². The fourth-order valence-electron chi connectivity index (χ4n) is 10.9. The van der Waals surface area contributed by atoms with E-state index in [4.69, 9.17) is 24.7 Å². The molecule has 3 atom stereocenters. The van der Waals surface area contributed by atoms with Crippen LogP contribution in [0.15, 0.2) is 91.0 Å². The molecule has 3 aliphatic heterocycles. The second-order valence-corrected chi connectivity index (χ2v) is 23.3. The van der Waals surface area contributed by atoms with Crippen LogP contribution in [0, 0.1) is 11.8 Å². The average molecular weight is 1320 g/mol. The Kier molecular flexibility index (Phi) is 24.8. The Balaban J connectivity index is 0.744. The van der Waals surface area contributed by atoms with Gasteiger partial charge in [-0.3, -0.25) is 38.5 Å². The first-order valence-electron chi connectivity index (χ1n) is 30.4. The van der Waals surface area contributed by atoms with E-state index < -0.39 is 47.9 Å². The molecule has 10 amide bonds. The van der Waals surface area contributed by atoms with Crippen molar-refractivity contribution in [2.24, 2.45) is 17.6 Å². The summed E-state index contributed by atoms with van der Waals surface area (Å²) in [6.07, 6.45) is 1.75. The predicted molar refractivity (Wildman–Crippen MR) is 343 cm³/mol. The summed E-state index contributed by atoms with van der Waals surface area (Å²) in [7, 11) is 2.02. The zero-order valence-electron chi connectivity index (χ0n) is 51.3. The Morgan fingerprint density at radius 3 is 2.21 bits per heavy atom. The fourth-order valence-corrected chi connectivity index (χ4v) is 11.4. The summed E-state index contributed by atoms with van der Waals surface area (Å²) in [4.78, 5) is 137. The largest absolute Gasteiger partial charge is 0.492 e. The van der Waals surface area contributed by atoms with Gasteiger partial charge in [-0.05, 0) is 78.7 Å². The molecule has 8 rings (SSSR count). The lowest BCUT2D eigenvalue weighted by Gasteiger charge is -2.31. The number of carbonyl (C=O) groups excluding carboxylic acids is 10. The standard InChI is InChI=1S/C64H79BrN12O14/c1-40(2)59(69-22-21-67-55(80)19-30-88-31-23-68-54(79)18-25-76-56(81)16-17-57(76)82)52(78)35-42(7-6-20-70-62(66)85)60(83)72-45-12-10-41(11-13-45)39-90-63(86)71-24-32-89-46-14-15-49-43(33-46)34-50(73-49)61(84)77-38-44(37-65)58-48-9-5-4-8-47(48)53(36-51(58)77)91-64(87)75-28-26-74(3)27-29-75/h4-5,8-17,33-34,36,40,42,44,59,69,73H,6-7,18-32,35,37-39H2,1-3H3,(H,67,80)(H,68,79)(H,71,86)(H,72,83)(H3,66,70,85)/t42-,44-,59+/m1/s1. The van der Waals surface area contributed by atoms with E-state index in [1.165, 1.54) is 0 Å². The number of primary amides is 1. The van der Waals surface area contributed by atoms with Crippen LogP contribution >= 0.6 is 15.9 Å². The molecular formula is C64H79BrN12O14. The zero-order valence-corrected chi connectivity index (χ0v) is 52.9. The van der Waals surface area contributed by atoms with Crippen molar-refractivity contribution in [3.05, 3.63) is 108 Å². The number of carbonyl (C=O) groups is 10. The quantitative estimate of drug-likeness (QED) is 0.0159. The molecule has 0 unspecified atom stereocenters. The Bertz CT molecular complexity index is 3460. The van der Waals surface area contributed by atoms with E-state index in [9.17, 15) is 47.9 Å². The van der Waals surface area contributed by atoms with E-state index in [-0.39, 0.29) is 127 Å². The third-order valence-corrected chi connectivity index (χ3v) is 16.5. The molecule has 1 aromatic heterocycles. The van der Waals surface area contributed by atoms with Gasteiger partial charge in [-0.2, -0.15) is 0 Å². The van der Waals surface area contributed by atoms with Gasteiger partial charge in [-0.25, -0.2) is 14.4 Å². The summed E-state index contributed by atoms with van der Waals surface area (Å²) in [6, 6.07) is 22.1. The van der Waals surface area contributed by atoms with Gasteiger partial charge in [0.05, 0.1) is 31.5 Å². The molecule has 4 aromatic carbocycles. The van der Waals surface area contributed by atoms with Crippen molar-refractivity contribution in [3.8, 4) is 11.5 Å². The number of rotatable bonds is 32. The van der Waals surface area contributed by atoms with Gasteiger partial charge in [0.1, 0.15) is 30.4 Å². The van der Waals surface area contributed by atoms with Crippen LogP contribution in [0.4, 0.5) is 25.8 Å². The Hall–Kier alpha value is -8.92. The fraction of sp³-hybridized carbons (Fsp3) is 0.438. The van der Waals surface area contributed by atoms with Crippen molar-refractivity contribution in [1.29, 1.82) is 0 Å². The number of benzene rings is 4.